The van der Waals surface area contributed by atoms with Crippen LogP contribution in [0.25, 0.3) is 10.9 Å². The van der Waals surface area contributed by atoms with E-state index in [1.165, 1.54) is 27.7 Å². The fourth-order valence-electron chi connectivity index (χ4n) is 2.02. The number of nitrogens with two attached hydrogens (primary N) is 1. The molecule has 0 aliphatic rings. The van der Waals surface area contributed by atoms with Crippen molar-refractivity contribution in [1.29, 1.82) is 0 Å². The van der Waals surface area contributed by atoms with Gasteiger partial charge >= 0.3 is 11.9 Å². The van der Waals surface area contributed by atoms with E-state index < -0.39 is 11.9 Å². The molecule has 0 amide bonds. The Labute approximate surface area is 116 Å². The number of fused-ring (bicyclic) bond motifs is 1. The summed E-state index contributed by atoms with van der Waals surface area (Å²) in [6, 6.07) is 6.40. The number of carboxylic acid groups (broad SMARTS) is 2. The third-order valence-electron chi connectivity index (χ3n) is 2.94. The molecule has 108 valence electrons. The van der Waals surface area contributed by atoms with Crippen LogP contribution in [-0.2, 0) is 16.0 Å². The van der Waals surface area contributed by atoms with Crippen LogP contribution < -0.4 is 5.73 Å². The second kappa shape index (κ2) is 6.72. The molecule has 6 nitrogen and oxygen atoms in total. The van der Waals surface area contributed by atoms with Crippen LogP contribution >= 0.6 is 0 Å². The second-order valence-electron chi connectivity index (χ2n) is 4.38. The SMILES string of the molecule is Cc1[nH]c2c(C)cccc2c1CCN.O=C(O)C(=O)O. The maximum Gasteiger partial charge on any atom is 0.414 e. The summed E-state index contributed by atoms with van der Waals surface area (Å²) in [6.45, 7) is 4.96. The predicted octanol–water partition coefficient (Wildman–Crippen LogP) is 1.44. The van der Waals surface area contributed by atoms with Crippen molar-refractivity contribution in [3.63, 3.8) is 0 Å². The molecule has 1 heterocycles. The summed E-state index contributed by atoms with van der Waals surface area (Å²) in [5.74, 6) is -3.65. The Kier molecular flexibility index (Phi) is 5.28. The van der Waals surface area contributed by atoms with Crippen LogP contribution in [0.4, 0.5) is 0 Å². The van der Waals surface area contributed by atoms with Crippen LogP contribution in [0.3, 0.4) is 0 Å². The molecule has 0 aliphatic heterocycles. The average Bonchev–Trinajstić information content (AvgIpc) is 2.69. The highest BCUT2D eigenvalue weighted by Crippen LogP contribution is 2.24. The molecule has 0 unspecified atom stereocenters. The first-order valence-electron chi connectivity index (χ1n) is 6.11. The molecule has 0 bridgehead atoms. The van der Waals surface area contributed by atoms with Crippen LogP contribution in [0.5, 0.6) is 0 Å². The molecular weight excluding hydrogens is 260 g/mol. The molecule has 2 aromatic rings. The number of rotatable bonds is 2. The van der Waals surface area contributed by atoms with Crippen LogP contribution in [-0.4, -0.2) is 33.7 Å². The number of para-hydroxylation sites is 1. The van der Waals surface area contributed by atoms with Gasteiger partial charge in [-0.15, -0.1) is 0 Å². The van der Waals surface area contributed by atoms with Gasteiger partial charge in [0.25, 0.3) is 0 Å². The predicted molar refractivity (Wildman–Crippen MR) is 75.8 cm³/mol. The minimum absolute atomic E-state index is 0.710. The first-order chi connectivity index (χ1) is 9.38. The molecule has 0 spiro atoms. The van der Waals surface area contributed by atoms with Gasteiger partial charge < -0.3 is 20.9 Å². The van der Waals surface area contributed by atoms with Gasteiger partial charge in [-0.3, -0.25) is 0 Å². The largest absolute Gasteiger partial charge is 0.473 e. The summed E-state index contributed by atoms with van der Waals surface area (Å²) in [5, 5.41) is 16.1. The van der Waals surface area contributed by atoms with Crippen molar-refractivity contribution in [3.05, 3.63) is 35.0 Å². The number of aliphatic carboxylic acids is 2. The molecular formula is C14H18N2O4. The van der Waals surface area contributed by atoms with Gasteiger partial charge in [0.05, 0.1) is 0 Å². The number of aromatic nitrogens is 1. The zero-order valence-corrected chi connectivity index (χ0v) is 11.4. The Morgan fingerprint density at radius 3 is 2.30 bits per heavy atom. The molecule has 0 saturated carbocycles. The van der Waals surface area contributed by atoms with Crippen LogP contribution in [0.2, 0.25) is 0 Å². The maximum absolute atomic E-state index is 9.10. The Morgan fingerprint density at radius 1 is 1.20 bits per heavy atom. The summed E-state index contributed by atoms with van der Waals surface area (Å²) in [4.78, 5) is 21.6. The molecule has 0 saturated heterocycles. The first-order valence-corrected chi connectivity index (χ1v) is 6.11. The lowest BCUT2D eigenvalue weighted by Crippen LogP contribution is -2.09. The molecule has 0 radical (unpaired) electrons. The molecule has 20 heavy (non-hydrogen) atoms. The van der Waals surface area contributed by atoms with E-state index in [1.807, 2.05) is 0 Å². The van der Waals surface area contributed by atoms with E-state index in [9.17, 15) is 0 Å². The number of benzene rings is 1. The van der Waals surface area contributed by atoms with Gasteiger partial charge in [0.2, 0.25) is 0 Å². The van der Waals surface area contributed by atoms with Crippen molar-refractivity contribution in [3.8, 4) is 0 Å². The third kappa shape index (κ3) is 3.58. The zero-order chi connectivity index (χ0) is 15.3. The van der Waals surface area contributed by atoms with Gasteiger partial charge in [0.1, 0.15) is 0 Å². The minimum atomic E-state index is -1.82. The molecule has 5 N–H and O–H groups in total. The normalized spacial score (nSPS) is 9.95. The summed E-state index contributed by atoms with van der Waals surface area (Å²) in [6.07, 6.45) is 0.954. The fraction of sp³-hybridized carbons (Fsp3) is 0.286. The van der Waals surface area contributed by atoms with Crippen LogP contribution in [0, 0.1) is 13.8 Å². The van der Waals surface area contributed by atoms with Crippen molar-refractivity contribution in [2.24, 2.45) is 5.73 Å². The first kappa shape index (κ1) is 15.7. The number of aromatic amines is 1. The number of hydrogen-bond donors (Lipinski definition) is 4. The number of carboxylic acids is 2. The van der Waals surface area contributed by atoms with Crippen molar-refractivity contribution < 1.29 is 19.8 Å². The standard InChI is InChI=1S/C12H16N2.C2H2O4/c1-8-4-3-5-11-10(6-7-13)9(2)14-12(8)11;3-1(4)2(5)6/h3-5,14H,6-7,13H2,1-2H3;(H,3,4)(H,5,6). The third-order valence-corrected chi connectivity index (χ3v) is 2.94. The molecule has 0 aliphatic carbocycles. The minimum Gasteiger partial charge on any atom is -0.473 e. The number of H-pyrrole nitrogens is 1. The molecule has 6 heteroatoms. The highest BCUT2D eigenvalue weighted by Gasteiger charge is 2.08. The van der Waals surface area contributed by atoms with Crippen LogP contribution in [0.1, 0.15) is 16.8 Å². The Balaban J connectivity index is 0.000000286. The fourth-order valence-corrected chi connectivity index (χ4v) is 2.02. The molecule has 1 aromatic heterocycles. The number of carbonyl (C=O) groups is 2. The van der Waals surface area contributed by atoms with Crippen LogP contribution in [0.15, 0.2) is 18.2 Å². The molecule has 0 fully saturated rings. The van der Waals surface area contributed by atoms with Gasteiger partial charge in [0.15, 0.2) is 0 Å². The van der Waals surface area contributed by atoms with Gasteiger partial charge in [-0.25, -0.2) is 9.59 Å². The molecule has 2 rings (SSSR count). The summed E-state index contributed by atoms with van der Waals surface area (Å²) in [5.41, 5.74) is 10.8. The van der Waals surface area contributed by atoms with E-state index in [0.29, 0.717) is 6.54 Å². The summed E-state index contributed by atoms with van der Waals surface area (Å²) >= 11 is 0. The summed E-state index contributed by atoms with van der Waals surface area (Å²) < 4.78 is 0. The van der Waals surface area contributed by atoms with E-state index in [2.05, 4.69) is 37.0 Å². The second-order valence-corrected chi connectivity index (χ2v) is 4.38. The van der Waals surface area contributed by atoms with Crippen molar-refractivity contribution in [2.75, 3.05) is 6.54 Å². The topological polar surface area (TPSA) is 116 Å². The summed E-state index contributed by atoms with van der Waals surface area (Å²) in [7, 11) is 0. The van der Waals surface area contributed by atoms with Crippen molar-refractivity contribution in [1.82, 2.24) is 4.98 Å². The van der Waals surface area contributed by atoms with Gasteiger partial charge in [-0.05, 0) is 37.9 Å². The highest BCUT2D eigenvalue weighted by molar-refractivity contribution is 6.27. The Morgan fingerprint density at radius 2 is 1.80 bits per heavy atom. The van der Waals surface area contributed by atoms with E-state index in [-0.39, 0.29) is 0 Å². The van der Waals surface area contributed by atoms with Crippen molar-refractivity contribution in [2.45, 2.75) is 20.3 Å². The lowest BCUT2D eigenvalue weighted by molar-refractivity contribution is -0.159. The Hall–Kier alpha value is -2.34. The van der Waals surface area contributed by atoms with Gasteiger partial charge in [0, 0.05) is 16.6 Å². The van der Waals surface area contributed by atoms with Crippen molar-refractivity contribution >= 4 is 22.8 Å². The molecule has 1 aromatic carbocycles. The van der Waals surface area contributed by atoms with E-state index in [1.54, 1.807) is 0 Å². The smallest absolute Gasteiger partial charge is 0.414 e. The number of hydrogen-bond acceptors (Lipinski definition) is 3. The van der Waals surface area contributed by atoms with E-state index in [0.717, 1.165) is 6.42 Å². The van der Waals surface area contributed by atoms with Gasteiger partial charge in [-0.1, -0.05) is 18.2 Å². The Bertz CT molecular complexity index is 619. The molecule has 0 atom stereocenters. The lowest BCUT2D eigenvalue weighted by Gasteiger charge is -1.98. The van der Waals surface area contributed by atoms with E-state index >= 15 is 0 Å². The van der Waals surface area contributed by atoms with Gasteiger partial charge in [-0.2, -0.15) is 0 Å². The zero-order valence-electron chi connectivity index (χ0n) is 11.4. The maximum atomic E-state index is 9.10. The lowest BCUT2D eigenvalue weighted by atomic mass is 10.1. The quantitative estimate of drug-likeness (QED) is 0.620. The number of aryl methyl sites for hydroxylation is 2. The average molecular weight is 278 g/mol. The van der Waals surface area contributed by atoms with E-state index in [4.69, 9.17) is 25.5 Å². The highest BCUT2D eigenvalue weighted by atomic mass is 16.4. The number of nitrogens with one attached hydrogen (secondary N) is 1. The monoisotopic (exact) mass is 278 g/mol.